The first-order chi connectivity index (χ1) is 14.3. The van der Waals surface area contributed by atoms with Crippen LogP contribution in [-0.4, -0.2) is 64.4 Å². The smallest absolute Gasteiger partial charge is 0.264 e. The van der Waals surface area contributed by atoms with Crippen molar-refractivity contribution in [2.24, 2.45) is 0 Å². The van der Waals surface area contributed by atoms with E-state index in [4.69, 9.17) is 0 Å². The van der Waals surface area contributed by atoms with Crippen LogP contribution in [0.5, 0.6) is 0 Å². The predicted molar refractivity (Wildman–Crippen MR) is 117 cm³/mol. The predicted octanol–water partition coefficient (Wildman–Crippen LogP) is 2.23. The molecule has 30 heavy (non-hydrogen) atoms. The highest BCUT2D eigenvalue weighted by molar-refractivity contribution is 6.02. The van der Waals surface area contributed by atoms with Crippen LogP contribution in [0, 0.1) is 25.2 Å². The van der Waals surface area contributed by atoms with Gasteiger partial charge in [0.1, 0.15) is 11.6 Å². The lowest BCUT2D eigenvalue weighted by molar-refractivity contribution is -0.130. The Morgan fingerprint density at radius 2 is 1.93 bits per heavy atom. The van der Waals surface area contributed by atoms with Crippen molar-refractivity contribution < 1.29 is 9.59 Å². The van der Waals surface area contributed by atoms with Gasteiger partial charge in [-0.1, -0.05) is 6.92 Å². The van der Waals surface area contributed by atoms with Gasteiger partial charge < -0.3 is 14.8 Å². The first-order valence-corrected chi connectivity index (χ1v) is 11.0. The Morgan fingerprint density at radius 3 is 2.50 bits per heavy atom. The molecular formula is C23H33N5O2. The molecule has 0 radical (unpaired) electrons. The molecule has 0 spiro atoms. The minimum Gasteiger partial charge on any atom is -0.352 e. The van der Waals surface area contributed by atoms with E-state index in [0.717, 1.165) is 42.8 Å². The molecule has 2 amide bonds. The number of aromatic nitrogens is 1. The summed E-state index contributed by atoms with van der Waals surface area (Å²) in [6.45, 7) is 11.4. The van der Waals surface area contributed by atoms with Gasteiger partial charge in [0.05, 0.1) is 6.04 Å². The average molecular weight is 412 g/mol. The van der Waals surface area contributed by atoms with E-state index in [0.29, 0.717) is 32.2 Å². The molecule has 1 aliphatic heterocycles. The Balaban J connectivity index is 1.63. The zero-order valence-corrected chi connectivity index (χ0v) is 18.6. The molecule has 1 saturated carbocycles. The van der Waals surface area contributed by atoms with Crippen LogP contribution in [0.3, 0.4) is 0 Å². The van der Waals surface area contributed by atoms with Crippen molar-refractivity contribution in [3.05, 3.63) is 28.6 Å². The van der Waals surface area contributed by atoms with Crippen molar-refractivity contribution in [1.82, 2.24) is 19.7 Å². The SMILES string of the molecule is CCCn1c(C)cc(/C=C(\C#N)C(=O)N2CCN(C(C)C(=O)NC3CC3)CC2)c1C. The average Bonchev–Trinajstić information content (AvgIpc) is 3.52. The van der Waals surface area contributed by atoms with Gasteiger partial charge in [-0.15, -0.1) is 0 Å². The Kier molecular flexibility index (Phi) is 6.99. The summed E-state index contributed by atoms with van der Waals surface area (Å²) in [5, 5.41) is 12.7. The van der Waals surface area contributed by atoms with Gasteiger partial charge >= 0.3 is 0 Å². The molecule has 7 heteroatoms. The van der Waals surface area contributed by atoms with Gasteiger partial charge in [-0.2, -0.15) is 5.26 Å². The fraction of sp³-hybridized carbons (Fsp3) is 0.609. The number of nitriles is 1. The maximum atomic E-state index is 13.0. The van der Waals surface area contributed by atoms with E-state index < -0.39 is 0 Å². The van der Waals surface area contributed by atoms with Crippen LogP contribution in [0.15, 0.2) is 11.6 Å². The van der Waals surface area contributed by atoms with E-state index in [9.17, 15) is 14.9 Å². The zero-order chi connectivity index (χ0) is 21.8. The number of nitrogens with one attached hydrogen (secondary N) is 1. The number of nitrogens with zero attached hydrogens (tertiary/aromatic N) is 4. The van der Waals surface area contributed by atoms with Crippen molar-refractivity contribution in [1.29, 1.82) is 5.26 Å². The normalized spacial score (nSPS) is 18.8. The fourth-order valence-corrected chi connectivity index (χ4v) is 4.04. The summed E-state index contributed by atoms with van der Waals surface area (Å²) in [6, 6.07) is 4.29. The summed E-state index contributed by atoms with van der Waals surface area (Å²) in [7, 11) is 0. The van der Waals surface area contributed by atoms with E-state index in [2.05, 4.69) is 27.8 Å². The van der Waals surface area contributed by atoms with Crippen LogP contribution < -0.4 is 5.32 Å². The highest BCUT2D eigenvalue weighted by atomic mass is 16.2. The van der Waals surface area contributed by atoms with Crippen LogP contribution in [0.4, 0.5) is 0 Å². The summed E-state index contributed by atoms with van der Waals surface area (Å²) < 4.78 is 2.22. The maximum absolute atomic E-state index is 13.0. The van der Waals surface area contributed by atoms with Gasteiger partial charge in [0.2, 0.25) is 5.91 Å². The molecular weight excluding hydrogens is 378 g/mol. The van der Waals surface area contributed by atoms with E-state index in [-0.39, 0.29) is 23.4 Å². The quantitative estimate of drug-likeness (QED) is 0.551. The second kappa shape index (κ2) is 9.48. The Bertz CT molecular complexity index is 867. The minimum atomic E-state index is -0.229. The summed E-state index contributed by atoms with van der Waals surface area (Å²) in [6.07, 6.45) is 4.90. The molecule has 3 rings (SSSR count). The molecule has 2 aliphatic rings. The van der Waals surface area contributed by atoms with Crippen molar-refractivity contribution in [2.45, 2.75) is 65.6 Å². The Hall–Kier alpha value is -2.59. The number of carbonyl (C=O) groups is 2. The second-order valence-corrected chi connectivity index (χ2v) is 8.43. The Labute approximate surface area is 179 Å². The number of piperazine rings is 1. The van der Waals surface area contributed by atoms with E-state index in [1.165, 1.54) is 0 Å². The van der Waals surface area contributed by atoms with Crippen LogP contribution >= 0.6 is 0 Å². The van der Waals surface area contributed by atoms with E-state index in [1.54, 1.807) is 11.0 Å². The second-order valence-electron chi connectivity index (χ2n) is 8.43. The number of hydrogen-bond donors (Lipinski definition) is 1. The molecule has 1 aromatic heterocycles. The number of amides is 2. The van der Waals surface area contributed by atoms with Crippen molar-refractivity contribution >= 4 is 17.9 Å². The first-order valence-electron chi connectivity index (χ1n) is 11.0. The third-order valence-corrected chi connectivity index (χ3v) is 6.16. The third-order valence-electron chi connectivity index (χ3n) is 6.16. The van der Waals surface area contributed by atoms with Crippen LogP contribution in [0.1, 0.15) is 50.1 Å². The van der Waals surface area contributed by atoms with Gasteiger partial charge in [-0.25, -0.2) is 0 Å². The number of rotatable bonds is 7. The molecule has 1 unspecified atom stereocenters. The van der Waals surface area contributed by atoms with Gasteiger partial charge in [-0.05, 0) is 57.7 Å². The standard InChI is InChI=1S/C23H33N5O2/c1-5-8-28-16(2)13-19(17(28)3)14-20(15-24)23(30)27-11-9-26(10-12-27)18(4)22(29)25-21-6-7-21/h13-14,18,21H,5-12H2,1-4H3,(H,25,29)/b20-14+. The zero-order valence-electron chi connectivity index (χ0n) is 18.6. The van der Waals surface area contributed by atoms with E-state index >= 15 is 0 Å². The lowest BCUT2D eigenvalue weighted by atomic mass is 10.1. The van der Waals surface area contributed by atoms with Gasteiger partial charge in [-0.3, -0.25) is 14.5 Å². The molecule has 162 valence electrons. The molecule has 1 aliphatic carbocycles. The van der Waals surface area contributed by atoms with Crippen molar-refractivity contribution in [2.75, 3.05) is 26.2 Å². The van der Waals surface area contributed by atoms with Crippen LogP contribution in [0.2, 0.25) is 0 Å². The summed E-state index contributed by atoms with van der Waals surface area (Å²) in [5.41, 5.74) is 3.31. The third kappa shape index (κ3) is 4.93. The Morgan fingerprint density at radius 1 is 1.27 bits per heavy atom. The van der Waals surface area contributed by atoms with Crippen molar-refractivity contribution in [3.8, 4) is 6.07 Å². The minimum absolute atomic E-state index is 0.0670. The first kappa shape index (κ1) is 22.1. The molecule has 1 N–H and O–H groups in total. The van der Waals surface area contributed by atoms with Gasteiger partial charge in [0, 0.05) is 50.2 Å². The molecule has 1 aromatic rings. The van der Waals surface area contributed by atoms with Crippen LogP contribution in [-0.2, 0) is 16.1 Å². The van der Waals surface area contributed by atoms with Crippen LogP contribution in [0.25, 0.3) is 6.08 Å². The van der Waals surface area contributed by atoms with Gasteiger partial charge in [0.15, 0.2) is 0 Å². The molecule has 2 heterocycles. The number of hydrogen-bond acceptors (Lipinski definition) is 4. The summed E-state index contributed by atoms with van der Waals surface area (Å²) in [4.78, 5) is 29.1. The highest BCUT2D eigenvalue weighted by Gasteiger charge is 2.31. The lowest BCUT2D eigenvalue weighted by Crippen LogP contribution is -2.55. The lowest BCUT2D eigenvalue weighted by Gasteiger charge is -2.37. The summed E-state index contributed by atoms with van der Waals surface area (Å²) in [5.74, 6) is -0.162. The maximum Gasteiger partial charge on any atom is 0.264 e. The highest BCUT2D eigenvalue weighted by Crippen LogP contribution is 2.21. The topological polar surface area (TPSA) is 81.4 Å². The molecule has 7 nitrogen and oxygen atoms in total. The number of carbonyl (C=O) groups excluding carboxylic acids is 2. The van der Waals surface area contributed by atoms with Crippen molar-refractivity contribution in [3.63, 3.8) is 0 Å². The molecule has 0 aromatic carbocycles. The largest absolute Gasteiger partial charge is 0.352 e. The monoisotopic (exact) mass is 411 g/mol. The van der Waals surface area contributed by atoms with E-state index in [1.807, 2.05) is 26.8 Å². The fourth-order valence-electron chi connectivity index (χ4n) is 4.04. The van der Waals surface area contributed by atoms with Gasteiger partial charge in [0.25, 0.3) is 5.91 Å². The molecule has 2 fully saturated rings. The molecule has 1 saturated heterocycles. The molecule has 0 bridgehead atoms. The molecule has 1 atom stereocenters. The number of aryl methyl sites for hydroxylation is 1. The summed E-state index contributed by atoms with van der Waals surface area (Å²) >= 11 is 0.